The van der Waals surface area contributed by atoms with E-state index in [1.165, 1.54) is 70.4 Å². The average Bonchev–Trinajstić information content (AvgIpc) is 2.77. The summed E-state index contributed by atoms with van der Waals surface area (Å²) in [5.74, 6) is 0.470. The van der Waals surface area contributed by atoms with E-state index >= 15 is 0 Å². The molecule has 4 nitrogen and oxygen atoms in total. The van der Waals surface area contributed by atoms with Gasteiger partial charge in [-0.2, -0.15) is 0 Å². The number of aliphatic hydroxyl groups is 1. The third kappa shape index (κ3) is 4.24. The van der Waals surface area contributed by atoms with Crippen molar-refractivity contribution in [1.29, 1.82) is 0 Å². The summed E-state index contributed by atoms with van der Waals surface area (Å²) in [7, 11) is 0. The second kappa shape index (κ2) is 9.15. The van der Waals surface area contributed by atoms with Gasteiger partial charge in [-0.15, -0.1) is 0 Å². The fourth-order valence-corrected chi connectivity index (χ4v) is 6.05. The molecule has 0 unspecified atom stereocenters. The van der Waals surface area contributed by atoms with Crippen LogP contribution in [0.1, 0.15) is 45.4 Å². The summed E-state index contributed by atoms with van der Waals surface area (Å²) < 4.78 is 0. The van der Waals surface area contributed by atoms with Crippen LogP contribution in [0.2, 0.25) is 0 Å². The van der Waals surface area contributed by atoms with E-state index in [0.29, 0.717) is 24.0 Å². The lowest BCUT2D eigenvalue weighted by molar-refractivity contribution is -0.0546. The summed E-state index contributed by atoms with van der Waals surface area (Å²) >= 11 is 0. The number of benzene rings is 1. The molecule has 1 atom stereocenters. The van der Waals surface area contributed by atoms with Crippen molar-refractivity contribution in [2.75, 3.05) is 57.3 Å². The van der Waals surface area contributed by atoms with Crippen LogP contribution in [-0.2, 0) is 0 Å². The van der Waals surface area contributed by atoms with E-state index in [-0.39, 0.29) is 0 Å². The van der Waals surface area contributed by atoms with Gasteiger partial charge in [0.2, 0.25) is 0 Å². The van der Waals surface area contributed by atoms with Gasteiger partial charge in [-0.3, -0.25) is 4.90 Å². The fourth-order valence-electron chi connectivity index (χ4n) is 6.05. The molecular formula is C24H39N3O. The maximum absolute atomic E-state index is 10.2. The van der Waals surface area contributed by atoms with E-state index in [2.05, 4.69) is 52.0 Å². The van der Waals surface area contributed by atoms with Crippen LogP contribution in [0.4, 0.5) is 5.69 Å². The predicted octanol–water partition coefficient (Wildman–Crippen LogP) is 3.46. The fraction of sp³-hybridized carbons (Fsp3) is 0.750. The highest BCUT2D eigenvalue weighted by molar-refractivity contribution is 5.46. The molecule has 1 spiro atoms. The van der Waals surface area contributed by atoms with Gasteiger partial charge >= 0.3 is 0 Å². The van der Waals surface area contributed by atoms with E-state index in [4.69, 9.17) is 0 Å². The molecule has 3 aliphatic rings. The van der Waals surface area contributed by atoms with Gasteiger partial charge in [0, 0.05) is 43.9 Å². The van der Waals surface area contributed by atoms with Crippen molar-refractivity contribution in [2.24, 2.45) is 11.3 Å². The molecule has 4 rings (SSSR count). The summed E-state index contributed by atoms with van der Waals surface area (Å²) in [4.78, 5) is 7.90. The van der Waals surface area contributed by atoms with Crippen molar-refractivity contribution in [2.45, 2.75) is 51.5 Å². The first-order valence-electron chi connectivity index (χ1n) is 11.6. The Morgan fingerprint density at radius 2 is 1.64 bits per heavy atom. The van der Waals surface area contributed by atoms with Crippen LogP contribution in [0.15, 0.2) is 30.3 Å². The molecule has 0 aromatic heterocycles. The first-order chi connectivity index (χ1) is 13.7. The van der Waals surface area contributed by atoms with Crippen molar-refractivity contribution in [3.05, 3.63) is 30.3 Å². The standard InChI is InChI=1S/C24H39N3O/c1-2-13-25-16-10-24(11-17-25)12-18-27(19-21(24)20-28)23-8-14-26(15-9-23)22-6-4-3-5-7-22/h3-7,21,23,28H,2,8-20H2,1H3/t21-/m1/s1. The van der Waals surface area contributed by atoms with E-state index < -0.39 is 0 Å². The summed E-state index contributed by atoms with van der Waals surface area (Å²) in [6.07, 6.45) is 7.63. The summed E-state index contributed by atoms with van der Waals surface area (Å²) in [5.41, 5.74) is 1.77. The molecule has 1 aromatic rings. The van der Waals surface area contributed by atoms with Gasteiger partial charge in [-0.05, 0) is 82.3 Å². The van der Waals surface area contributed by atoms with Crippen molar-refractivity contribution in [3.8, 4) is 0 Å². The molecule has 156 valence electrons. The molecule has 3 aliphatic heterocycles. The minimum atomic E-state index is 0.368. The Kier molecular flexibility index (Phi) is 6.59. The van der Waals surface area contributed by atoms with E-state index in [1.807, 2.05) is 0 Å². The largest absolute Gasteiger partial charge is 0.396 e. The molecule has 0 saturated carbocycles. The molecule has 1 N–H and O–H groups in total. The Labute approximate surface area is 171 Å². The number of nitrogens with zero attached hydrogens (tertiary/aromatic N) is 3. The highest BCUT2D eigenvalue weighted by atomic mass is 16.3. The number of likely N-dealkylation sites (tertiary alicyclic amines) is 2. The van der Waals surface area contributed by atoms with Crippen molar-refractivity contribution < 1.29 is 5.11 Å². The maximum Gasteiger partial charge on any atom is 0.0476 e. The number of aliphatic hydroxyl groups excluding tert-OH is 1. The molecule has 4 heteroatoms. The minimum Gasteiger partial charge on any atom is -0.396 e. The smallest absolute Gasteiger partial charge is 0.0476 e. The molecule has 28 heavy (non-hydrogen) atoms. The Hall–Kier alpha value is -1.10. The average molecular weight is 386 g/mol. The molecule has 3 saturated heterocycles. The second-order valence-electron chi connectivity index (χ2n) is 9.38. The number of piperidine rings is 3. The SMILES string of the molecule is CCCN1CCC2(CC1)CCN(C1CCN(c3ccccc3)CC1)C[C@@H]2CO. The predicted molar refractivity (Wildman–Crippen MR) is 117 cm³/mol. The van der Waals surface area contributed by atoms with Gasteiger partial charge in [-0.1, -0.05) is 25.1 Å². The zero-order valence-corrected chi connectivity index (χ0v) is 17.7. The molecule has 1 aromatic carbocycles. The zero-order chi connectivity index (χ0) is 19.4. The highest BCUT2D eigenvalue weighted by Gasteiger charge is 2.45. The number of anilines is 1. The summed E-state index contributed by atoms with van der Waals surface area (Å²) in [5, 5.41) is 10.2. The van der Waals surface area contributed by atoms with Crippen LogP contribution in [0.3, 0.4) is 0 Å². The Morgan fingerprint density at radius 3 is 2.29 bits per heavy atom. The molecule has 0 amide bonds. The lowest BCUT2D eigenvalue weighted by Crippen LogP contribution is -2.56. The van der Waals surface area contributed by atoms with Crippen LogP contribution in [0.25, 0.3) is 0 Å². The van der Waals surface area contributed by atoms with Crippen LogP contribution in [0, 0.1) is 11.3 Å². The van der Waals surface area contributed by atoms with Gasteiger partial charge in [0.25, 0.3) is 0 Å². The first kappa shape index (κ1) is 20.2. The molecule has 3 heterocycles. The maximum atomic E-state index is 10.2. The van der Waals surface area contributed by atoms with Crippen molar-refractivity contribution in [3.63, 3.8) is 0 Å². The lowest BCUT2D eigenvalue weighted by Gasteiger charge is -2.53. The molecule has 0 radical (unpaired) electrons. The van der Waals surface area contributed by atoms with Gasteiger partial charge in [0.1, 0.15) is 0 Å². The molecule has 0 bridgehead atoms. The van der Waals surface area contributed by atoms with Gasteiger partial charge in [0.15, 0.2) is 0 Å². The van der Waals surface area contributed by atoms with Crippen LogP contribution in [-0.4, -0.2) is 73.4 Å². The lowest BCUT2D eigenvalue weighted by atomic mass is 9.64. The number of hydrogen-bond donors (Lipinski definition) is 1. The second-order valence-corrected chi connectivity index (χ2v) is 9.38. The quantitative estimate of drug-likeness (QED) is 0.841. The van der Waals surface area contributed by atoms with Gasteiger partial charge in [0.05, 0.1) is 0 Å². The Balaban J connectivity index is 1.31. The number of rotatable bonds is 5. The zero-order valence-electron chi connectivity index (χ0n) is 17.7. The third-order valence-corrected chi connectivity index (χ3v) is 7.93. The van der Waals surface area contributed by atoms with Gasteiger partial charge < -0.3 is 14.9 Å². The van der Waals surface area contributed by atoms with E-state index in [1.54, 1.807) is 0 Å². The topological polar surface area (TPSA) is 30.0 Å². The summed E-state index contributed by atoms with van der Waals surface area (Å²) in [6.45, 7) is 11.0. The van der Waals surface area contributed by atoms with Crippen LogP contribution in [0.5, 0.6) is 0 Å². The molecule has 3 fully saturated rings. The van der Waals surface area contributed by atoms with Crippen molar-refractivity contribution >= 4 is 5.69 Å². The molecular weight excluding hydrogens is 346 g/mol. The van der Waals surface area contributed by atoms with Crippen LogP contribution < -0.4 is 4.90 Å². The van der Waals surface area contributed by atoms with E-state index in [9.17, 15) is 5.11 Å². The first-order valence-corrected chi connectivity index (χ1v) is 11.6. The van der Waals surface area contributed by atoms with Crippen LogP contribution >= 0.6 is 0 Å². The summed E-state index contributed by atoms with van der Waals surface area (Å²) in [6, 6.07) is 11.6. The third-order valence-electron chi connectivity index (χ3n) is 7.93. The molecule has 0 aliphatic carbocycles. The number of hydrogen-bond acceptors (Lipinski definition) is 4. The number of para-hydroxylation sites is 1. The Morgan fingerprint density at radius 1 is 0.964 bits per heavy atom. The Bertz CT molecular complexity index is 591. The minimum absolute atomic E-state index is 0.368. The monoisotopic (exact) mass is 385 g/mol. The highest BCUT2D eigenvalue weighted by Crippen LogP contribution is 2.46. The normalized spacial score (nSPS) is 27.4. The van der Waals surface area contributed by atoms with Crippen molar-refractivity contribution in [1.82, 2.24) is 9.80 Å². The van der Waals surface area contributed by atoms with Gasteiger partial charge in [-0.25, -0.2) is 0 Å². The van der Waals surface area contributed by atoms with E-state index in [0.717, 1.165) is 19.6 Å².